The molecule has 2 unspecified atom stereocenters. The number of benzene rings is 1. The minimum atomic E-state index is -4.52. The molecule has 0 radical (unpaired) electrons. The third-order valence-electron chi connectivity index (χ3n) is 5.78. The summed E-state index contributed by atoms with van der Waals surface area (Å²) in [5.74, 6) is -0.890. The summed E-state index contributed by atoms with van der Waals surface area (Å²) < 4.78 is 44.9. The summed E-state index contributed by atoms with van der Waals surface area (Å²) in [4.78, 5) is 21.3. The Morgan fingerprint density at radius 1 is 1.14 bits per heavy atom. The van der Waals surface area contributed by atoms with Gasteiger partial charge in [-0.3, -0.25) is 15.2 Å². The van der Waals surface area contributed by atoms with Gasteiger partial charge in [0.05, 0.1) is 5.56 Å². The molecule has 0 saturated heterocycles. The quantitative estimate of drug-likeness (QED) is 0.238. The lowest BCUT2D eigenvalue weighted by molar-refractivity contribution is -0.138. The van der Waals surface area contributed by atoms with Gasteiger partial charge in [0.1, 0.15) is 5.84 Å². The fraction of sp³-hybridized carbons (Fsp3) is 0.308. The second-order valence-corrected chi connectivity index (χ2v) is 9.99. The third-order valence-corrected chi connectivity index (χ3v) is 6.25. The molecule has 2 aromatic heterocycles. The molecule has 0 aliphatic rings. The maximum atomic E-state index is 13.2. The monoisotopic (exact) mass is 577 g/mol. The zero-order chi connectivity index (χ0) is 27.4. The van der Waals surface area contributed by atoms with Crippen LogP contribution in [0.2, 0.25) is 0 Å². The average molecular weight is 578 g/mol. The lowest BCUT2D eigenvalue weighted by atomic mass is 9.86. The van der Waals surface area contributed by atoms with E-state index in [1.807, 2.05) is 31.2 Å². The van der Waals surface area contributed by atoms with Crippen LogP contribution in [0.4, 0.5) is 13.2 Å². The van der Waals surface area contributed by atoms with E-state index in [0.29, 0.717) is 18.2 Å². The topological polar surface area (TPSA) is 114 Å². The van der Waals surface area contributed by atoms with Crippen molar-refractivity contribution in [3.05, 3.63) is 87.8 Å². The van der Waals surface area contributed by atoms with Gasteiger partial charge in [0, 0.05) is 46.1 Å². The number of hydrogen-bond acceptors (Lipinski definition) is 5. The second kappa shape index (κ2) is 11.3. The number of hydrogen-bond donors (Lipinski definition) is 3. The molecule has 0 aliphatic heterocycles. The smallest absolute Gasteiger partial charge is 0.417 e. The molecule has 3 rings (SSSR count). The standard InChI is InChI=1S/C26H27BrF3N5O2/c1-15(35-24(36)25(2,3)37-22-10-7-18(13-34-22)26(28,29)30)21(12-20-9-8-19(27)14-33-20)16-5-4-6-17(11-16)23(31)32/h4-11,13-15,21H,12H2,1-3H3,(H3,31,32)(H,35,36). The summed E-state index contributed by atoms with van der Waals surface area (Å²) in [7, 11) is 0. The number of carbonyl (C=O) groups is 1. The van der Waals surface area contributed by atoms with Gasteiger partial charge in [-0.2, -0.15) is 13.2 Å². The molecule has 0 saturated carbocycles. The highest BCUT2D eigenvalue weighted by atomic mass is 79.9. The van der Waals surface area contributed by atoms with Crippen LogP contribution in [0.1, 0.15) is 49.1 Å². The van der Waals surface area contributed by atoms with Gasteiger partial charge < -0.3 is 15.8 Å². The molecule has 1 aromatic carbocycles. The highest BCUT2D eigenvalue weighted by Gasteiger charge is 2.35. The fourth-order valence-electron chi connectivity index (χ4n) is 3.67. The van der Waals surface area contributed by atoms with Crippen molar-refractivity contribution in [3.63, 3.8) is 0 Å². The minimum Gasteiger partial charge on any atom is -0.462 e. The lowest BCUT2D eigenvalue weighted by Crippen LogP contribution is -2.51. The summed E-state index contributed by atoms with van der Waals surface area (Å²) in [6.45, 7) is 4.86. The highest BCUT2D eigenvalue weighted by Crippen LogP contribution is 2.30. The first-order valence-corrected chi connectivity index (χ1v) is 12.1. The largest absolute Gasteiger partial charge is 0.462 e. The first-order chi connectivity index (χ1) is 17.3. The van der Waals surface area contributed by atoms with Gasteiger partial charge in [0.2, 0.25) is 5.88 Å². The van der Waals surface area contributed by atoms with Crippen molar-refractivity contribution >= 4 is 27.7 Å². The van der Waals surface area contributed by atoms with Crippen molar-refractivity contribution in [3.8, 4) is 5.88 Å². The molecular formula is C26H27BrF3N5O2. The van der Waals surface area contributed by atoms with Crippen LogP contribution >= 0.6 is 15.9 Å². The van der Waals surface area contributed by atoms with Crippen molar-refractivity contribution in [2.24, 2.45) is 5.73 Å². The number of pyridine rings is 2. The molecule has 0 fully saturated rings. The first-order valence-electron chi connectivity index (χ1n) is 11.3. The van der Waals surface area contributed by atoms with Crippen LogP contribution in [-0.2, 0) is 17.4 Å². The van der Waals surface area contributed by atoms with Crippen LogP contribution < -0.4 is 15.8 Å². The predicted octanol–water partition coefficient (Wildman–Crippen LogP) is 5.23. The van der Waals surface area contributed by atoms with Crippen LogP contribution in [-0.4, -0.2) is 33.4 Å². The normalized spacial score (nSPS) is 13.5. The SMILES string of the molecule is CC(NC(=O)C(C)(C)Oc1ccc(C(F)(F)F)cn1)C(Cc1ccc(Br)cn1)c1cccc(C(=N)N)c1. The summed E-state index contributed by atoms with van der Waals surface area (Å²) >= 11 is 3.37. The molecule has 0 aliphatic carbocycles. The molecule has 0 spiro atoms. The molecule has 196 valence electrons. The van der Waals surface area contributed by atoms with Crippen LogP contribution in [0.3, 0.4) is 0 Å². The maximum absolute atomic E-state index is 13.2. The summed E-state index contributed by atoms with van der Waals surface area (Å²) in [5, 5.41) is 10.7. The number of alkyl halides is 3. The van der Waals surface area contributed by atoms with Crippen LogP contribution in [0, 0.1) is 5.41 Å². The Morgan fingerprint density at radius 2 is 1.86 bits per heavy atom. The van der Waals surface area contributed by atoms with E-state index in [2.05, 4.69) is 31.2 Å². The van der Waals surface area contributed by atoms with Crippen LogP contribution in [0.5, 0.6) is 5.88 Å². The van der Waals surface area contributed by atoms with Crippen LogP contribution in [0.25, 0.3) is 0 Å². The van der Waals surface area contributed by atoms with E-state index in [4.69, 9.17) is 15.9 Å². The van der Waals surface area contributed by atoms with Gasteiger partial charge in [-0.1, -0.05) is 18.2 Å². The number of carbonyl (C=O) groups excluding carboxylic acids is 1. The van der Waals surface area contributed by atoms with Gasteiger partial charge in [-0.25, -0.2) is 4.98 Å². The van der Waals surface area contributed by atoms with Gasteiger partial charge in [-0.15, -0.1) is 0 Å². The Kier molecular flexibility index (Phi) is 8.57. The van der Waals surface area contributed by atoms with Gasteiger partial charge in [0.25, 0.3) is 5.91 Å². The van der Waals surface area contributed by atoms with E-state index in [1.165, 1.54) is 13.8 Å². The van der Waals surface area contributed by atoms with E-state index >= 15 is 0 Å². The summed E-state index contributed by atoms with van der Waals surface area (Å²) in [6.07, 6.45) is -1.69. The Bertz CT molecular complexity index is 1250. The van der Waals surface area contributed by atoms with Gasteiger partial charge in [-0.05, 0) is 73.0 Å². The molecule has 11 heteroatoms. The van der Waals surface area contributed by atoms with Crippen molar-refractivity contribution in [1.29, 1.82) is 5.41 Å². The van der Waals surface area contributed by atoms with E-state index < -0.39 is 29.3 Å². The molecule has 3 aromatic rings. The Morgan fingerprint density at radius 3 is 2.43 bits per heavy atom. The Hall–Kier alpha value is -3.47. The fourth-order valence-corrected chi connectivity index (χ4v) is 3.90. The Balaban J connectivity index is 1.81. The molecule has 1 amide bonds. The molecule has 0 bridgehead atoms. The number of ether oxygens (including phenoxy) is 1. The van der Waals surface area contributed by atoms with Gasteiger partial charge >= 0.3 is 6.18 Å². The Labute approximate surface area is 221 Å². The van der Waals surface area contributed by atoms with Crippen molar-refractivity contribution < 1.29 is 22.7 Å². The van der Waals surface area contributed by atoms with E-state index in [9.17, 15) is 18.0 Å². The lowest BCUT2D eigenvalue weighted by Gasteiger charge is -2.30. The van der Waals surface area contributed by atoms with E-state index in [-0.39, 0.29) is 17.6 Å². The molecule has 37 heavy (non-hydrogen) atoms. The molecule has 2 heterocycles. The highest BCUT2D eigenvalue weighted by molar-refractivity contribution is 9.10. The minimum absolute atomic E-state index is 0.0716. The average Bonchev–Trinajstić information content (AvgIpc) is 2.83. The number of aromatic nitrogens is 2. The number of nitrogens with one attached hydrogen (secondary N) is 2. The predicted molar refractivity (Wildman–Crippen MR) is 137 cm³/mol. The van der Waals surface area contributed by atoms with Crippen molar-refractivity contribution in [2.75, 3.05) is 0 Å². The summed E-state index contributed by atoms with van der Waals surface area (Å²) in [6, 6.07) is 12.5. The zero-order valence-corrected chi connectivity index (χ0v) is 22.0. The third kappa shape index (κ3) is 7.51. The first kappa shape index (κ1) is 28.1. The molecule has 2 atom stereocenters. The van der Waals surface area contributed by atoms with Crippen molar-refractivity contribution in [1.82, 2.24) is 15.3 Å². The number of amides is 1. The molecular weight excluding hydrogens is 551 g/mol. The van der Waals surface area contributed by atoms with Crippen LogP contribution in [0.15, 0.2) is 65.4 Å². The van der Waals surface area contributed by atoms with E-state index in [1.54, 1.807) is 18.3 Å². The molecule has 4 N–H and O–H groups in total. The van der Waals surface area contributed by atoms with E-state index in [0.717, 1.165) is 27.9 Å². The number of nitrogens with zero attached hydrogens (tertiary/aromatic N) is 2. The number of rotatable bonds is 9. The molecule has 7 nitrogen and oxygen atoms in total. The van der Waals surface area contributed by atoms with Gasteiger partial charge in [0.15, 0.2) is 5.60 Å². The maximum Gasteiger partial charge on any atom is 0.417 e. The number of nitrogens with two attached hydrogens (primary N) is 1. The number of halogens is 4. The number of amidine groups is 1. The second-order valence-electron chi connectivity index (χ2n) is 9.07. The van der Waals surface area contributed by atoms with Crippen molar-refractivity contribution in [2.45, 2.75) is 50.9 Å². The summed E-state index contributed by atoms with van der Waals surface area (Å²) in [5.41, 5.74) is 5.56. The number of nitrogen functional groups attached to an aromatic ring is 1. The zero-order valence-electron chi connectivity index (χ0n) is 20.4.